The fourth-order valence-electron chi connectivity index (χ4n) is 3.98. The van der Waals surface area contributed by atoms with Crippen LogP contribution in [0.25, 0.3) is 0 Å². The molecule has 1 amide bonds. The van der Waals surface area contributed by atoms with Gasteiger partial charge in [-0.1, -0.05) is 31.0 Å². The van der Waals surface area contributed by atoms with Gasteiger partial charge in [-0.05, 0) is 49.1 Å². The number of pyridine rings is 1. The first-order valence-corrected chi connectivity index (χ1v) is 9.25. The van der Waals surface area contributed by atoms with E-state index in [2.05, 4.69) is 11.1 Å². The van der Waals surface area contributed by atoms with Gasteiger partial charge in [-0.3, -0.25) is 9.69 Å². The van der Waals surface area contributed by atoms with Crippen LogP contribution in [0.3, 0.4) is 0 Å². The second-order valence-electron chi connectivity index (χ2n) is 6.99. The predicted molar refractivity (Wildman–Crippen MR) is 97.9 cm³/mol. The van der Waals surface area contributed by atoms with E-state index in [1.54, 1.807) is 6.20 Å². The molecule has 4 rings (SSSR count). The lowest BCUT2D eigenvalue weighted by Gasteiger charge is -2.28. The predicted octanol–water partition coefficient (Wildman–Crippen LogP) is 4.17. The van der Waals surface area contributed by atoms with Crippen LogP contribution in [0.15, 0.2) is 48.7 Å². The van der Waals surface area contributed by atoms with Crippen LogP contribution in [0.2, 0.25) is 0 Å². The normalized spacial score (nSPS) is 20.7. The van der Waals surface area contributed by atoms with E-state index in [1.165, 1.54) is 18.4 Å². The summed E-state index contributed by atoms with van der Waals surface area (Å²) in [6.07, 6.45) is 7.26. The van der Waals surface area contributed by atoms with Gasteiger partial charge in [0.1, 0.15) is 5.82 Å². The molecular formula is C21H24N2O2. The van der Waals surface area contributed by atoms with Crippen LogP contribution in [0.4, 0.5) is 5.82 Å². The van der Waals surface area contributed by atoms with Gasteiger partial charge in [-0.25, -0.2) is 4.98 Å². The highest BCUT2D eigenvalue weighted by Gasteiger charge is 2.30. The van der Waals surface area contributed by atoms with Gasteiger partial charge in [0.05, 0.1) is 6.61 Å². The smallest absolute Gasteiger partial charge is 0.259 e. The van der Waals surface area contributed by atoms with Crippen molar-refractivity contribution in [1.29, 1.82) is 0 Å². The monoisotopic (exact) mass is 336 g/mol. The maximum atomic E-state index is 13.4. The average molecular weight is 336 g/mol. The van der Waals surface area contributed by atoms with E-state index < -0.39 is 0 Å². The van der Waals surface area contributed by atoms with Gasteiger partial charge < -0.3 is 4.74 Å². The zero-order valence-corrected chi connectivity index (χ0v) is 14.4. The molecule has 1 atom stereocenters. The number of nitrogens with zero attached hydrogens (tertiary/aromatic N) is 2. The summed E-state index contributed by atoms with van der Waals surface area (Å²) < 4.78 is 5.50. The van der Waals surface area contributed by atoms with Crippen LogP contribution < -0.4 is 4.90 Å². The summed E-state index contributed by atoms with van der Waals surface area (Å²) in [5.74, 6) is 1.22. The number of anilines is 1. The fourth-order valence-corrected chi connectivity index (χ4v) is 3.98. The molecule has 25 heavy (non-hydrogen) atoms. The lowest BCUT2D eigenvalue weighted by molar-refractivity contribution is 0.0976. The molecule has 1 saturated carbocycles. The third kappa shape index (κ3) is 3.45. The van der Waals surface area contributed by atoms with Crippen LogP contribution in [0.1, 0.15) is 53.9 Å². The van der Waals surface area contributed by atoms with Crippen LogP contribution in [0.5, 0.6) is 0 Å². The number of aromatic nitrogens is 1. The molecule has 4 heteroatoms. The van der Waals surface area contributed by atoms with Gasteiger partial charge in [-0.15, -0.1) is 0 Å². The second kappa shape index (κ2) is 7.36. The molecular weight excluding hydrogens is 312 g/mol. The quantitative estimate of drug-likeness (QED) is 0.841. The van der Waals surface area contributed by atoms with E-state index in [-0.39, 0.29) is 11.9 Å². The van der Waals surface area contributed by atoms with Gasteiger partial charge in [-0.2, -0.15) is 0 Å². The largest absolute Gasteiger partial charge is 0.381 e. The molecule has 2 aliphatic rings. The topological polar surface area (TPSA) is 42.4 Å². The van der Waals surface area contributed by atoms with E-state index in [1.807, 2.05) is 41.3 Å². The fraction of sp³-hybridized carbons (Fsp3) is 0.429. The minimum atomic E-state index is 0.0614. The number of rotatable bonds is 4. The molecule has 0 radical (unpaired) electrons. The summed E-state index contributed by atoms with van der Waals surface area (Å²) in [5.41, 5.74) is 1.96. The standard InChI is InChI=1S/C21H24N2O2/c24-21(17-7-5-6-16(14-17)18-11-13-25-15-18)23(19-8-1-2-9-19)20-10-3-4-12-22-20/h3-7,10,12,14,18-19H,1-2,8-9,11,13,15H2. The Hall–Kier alpha value is -2.20. The molecule has 0 spiro atoms. The van der Waals surface area contributed by atoms with E-state index in [4.69, 9.17) is 4.74 Å². The maximum absolute atomic E-state index is 13.4. The molecule has 2 fully saturated rings. The van der Waals surface area contributed by atoms with Crippen molar-refractivity contribution in [2.45, 2.75) is 44.1 Å². The first-order chi connectivity index (χ1) is 12.3. The van der Waals surface area contributed by atoms with Crippen molar-refractivity contribution in [2.24, 2.45) is 0 Å². The molecule has 0 bridgehead atoms. The van der Waals surface area contributed by atoms with Gasteiger partial charge >= 0.3 is 0 Å². The molecule has 130 valence electrons. The number of hydrogen-bond acceptors (Lipinski definition) is 3. The molecule has 4 nitrogen and oxygen atoms in total. The summed E-state index contributed by atoms with van der Waals surface area (Å²) in [6.45, 7) is 1.56. The molecule has 1 unspecified atom stereocenters. The Morgan fingerprint density at radius 3 is 2.68 bits per heavy atom. The zero-order chi connectivity index (χ0) is 17.1. The lowest BCUT2D eigenvalue weighted by Crippen LogP contribution is -2.39. The van der Waals surface area contributed by atoms with Crippen molar-refractivity contribution in [1.82, 2.24) is 4.98 Å². The van der Waals surface area contributed by atoms with Crippen molar-refractivity contribution in [3.05, 3.63) is 59.8 Å². The number of carbonyl (C=O) groups is 1. The molecule has 0 N–H and O–H groups in total. The van der Waals surface area contributed by atoms with E-state index in [0.29, 0.717) is 5.92 Å². The van der Waals surface area contributed by atoms with Crippen LogP contribution in [0, 0.1) is 0 Å². The van der Waals surface area contributed by atoms with Crippen molar-refractivity contribution < 1.29 is 9.53 Å². The lowest BCUT2D eigenvalue weighted by atomic mass is 9.96. The van der Waals surface area contributed by atoms with Crippen molar-refractivity contribution >= 4 is 11.7 Å². The number of carbonyl (C=O) groups excluding carboxylic acids is 1. The van der Waals surface area contributed by atoms with E-state index >= 15 is 0 Å². The third-order valence-corrected chi connectivity index (χ3v) is 5.34. The van der Waals surface area contributed by atoms with Crippen molar-refractivity contribution in [2.75, 3.05) is 18.1 Å². The number of hydrogen-bond donors (Lipinski definition) is 0. The van der Waals surface area contributed by atoms with Gasteiger partial charge in [0.15, 0.2) is 0 Å². The van der Waals surface area contributed by atoms with E-state index in [9.17, 15) is 4.79 Å². The Morgan fingerprint density at radius 1 is 1.08 bits per heavy atom. The van der Waals surface area contributed by atoms with Crippen molar-refractivity contribution in [3.63, 3.8) is 0 Å². The second-order valence-corrected chi connectivity index (χ2v) is 6.99. The summed E-state index contributed by atoms with van der Waals surface area (Å²) in [7, 11) is 0. The highest BCUT2D eigenvalue weighted by molar-refractivity contribution is 6.06. The molecule has 1 saturated heterocycles. The SMILES string of the molecule is O=C(c1cccc(C2CCOC2)c1)N(c1ccccn1)C1CCCC1. The Balaban J connectivity index is 1.65. The molecule has 2 aromatic rings. The number of benzene rings is 1. The van der Waals surface area contributed by atoms with Gasteiger partial charge in [0, 0.05) is 30.3 Å². The first kappa shape index (κ1) is 16.3. The Morgan fingerprint density at radius 2 is 1.96 bits per heavy atom. The first-order valence-electron chi connectivity index (χ1n) is 9.25. The van der Waals surface area contributed by atoms with Crippen LogP contribution >= 0.6 is 0 Å². The highest BCUT2D eigenvalue weighted by Crippen LogP contribution is 2.30. The number of amides is 1. The third-order valence-electron chi connectivity index (χ3n) is 5.34. The molecule has 1 aliphatic carbocycles. The summed E-state index contributed by atoms with van der Waals surface area (Å²) in [6, 6.07) is 14.1. The molecule has 1 aromatic heterocycles. The van der Waals surface area contributed by atoms with Gasteiger partial charge in [0.25, 0.3) is 5.91 Å². The Labute approximate surface area is 148 Å². The van der Waals surface area contributed by atoms with Crippen LogP contribution in [-0.4, -0.2) is 30.1 Å². The minimum absolute atomic E-state index is 0.0614. The van der Waals surface area contributed by atoms with Gasteiger partial charge in [0.2, 0.25) is 0 Å². The van der Waals surface area contributed by atoms with Crippen LogP contribution in [-0.2, 0) is 4.74 Å². The zero-order valence-electron chi connectivity index (χ0n) is 14.4. The van der Waals surface area contributed by atoms with E-state index in [0.717, 1.165) is 43.9 Å². The summed E-state index contributed by atoms with van der Waals surface area (Å²) in [5, 5.41) is 0. The highest BCUT2D eigenvalue weighted by atomic mass is 16.5. The average Bonchev–Trinajstić information content (AvgIpc) is 3.37. The molecule has 1 aromatic carbocycles. The minimum Gasteiger partial charge on any atom is -0.381 e. The molecule has 2 heterocycles. The summed E-state index contributed by atoms with van der Waals surface area (Å²) in [4.78, 5) is 19.7. The Kier molecular flexibility index (Phi) is 4.79. The van der Waals surface area contributed by atoms with Crippen molar-refractivity contribution in [3.8, 4) is 0 Å². The Bertz CT molecular complexity index is 720. The summed E-state index contributed by atoms with van der Waals surface area (Å²) >= 11 is 0. The maximum Gasteiger partial charge on any atom is 0.259 e. The molecule has 1 aliphatic heterocycles. The number of ether oxygens (including phenoxy) is 1.